The highest BCUT2D eigenvalue weighted by Gasteiger charge is 2.53. The van der Waals surface area contributed by atoms with Gasteiger partial charge in [-0.15, -0.1) is 0 Å². The second-order valence-corrected chi connectivity index (χ2v) is 7.23. The highest BCUT2D eigenvalue weighted by atomic mass is 14.9. The zero-order valence-electron chi connectivity index (χ0n) is 12.0. The highest BCUT2D eigenvalue weighted by Crippen LogP contribution is 2.58. The van der Waals surface area contributed by atoms with Crippen LogP contribution < -0.4 is 10.6 Å². The minimum Gasteiger partial charge on any atom is -0.317 e. The molecule has 0 bridgehead atoms. The van der Waals surface area contributed by atoms with Gasteiger partial charge in [0, 0.05) is 6.04 Å². The molecular weight excluding hydrogens is 220 g/mol. The topological polar surface area (TPSA) is 24.1 Å². The first kappa shape index (κ1) is 12.9. The predicted octanol–water partition coefficient (Wildman–Crippen LogP) is 2.93. The van der Waals surface area contributed by atoms with Gasteiger partial charge in [0.05, 0.1) is 0 Å². The largest absolute Gasteiger partial charge is 0.317 e. The number of piperidine rings is 1. The Morgan fingerprint density at radius 1 is 1.11 bits per heavy atom. The average molecular weight is 250 g/mol. The maximum atomic E-state index is 3.90. The van der Waals surface area contributed by atoms with Gasteiger partial charge in [-0.1, -0.05) is 19.8 Å². The lowest BCUT2D eigenvalue weighted by Crippen LogP contribution is -2.34. The molecule has 2 saturated carbocycles. The van der Waals surface area contributed by atoms with Crippen LogP contribution in [-0.2, 0) is 0 Å². The van der Waals surface area contributed by atoms with Crippen molar-refractivity contribution in [2.75, 3.05) is 19.6 Å². The Kier molecular flexibility index (Phi) is 3.95. The third-order valence-electron chi connectivity index (χ3n) is 5.87. The molecule has 3 atom stereocenters. The minimum absolute atomic E-state index is 0.760. The fourth-order valence-corrected chi connectivity index (χ4v) is 4.26. The van der Waals surface area contributed by atoms with Crippen molar-refractivity contribution in [3.8, 4) is 0 Å². The molecule has 1 aliphatic heterocycles. The van der Waals surface area contributed by atoms with E-state index < -0.39 is 0 Å². The maximum Gasteiger partial charge on any atom is 0.00672 e. The van der Waals surface area contributed by atoms with Crippen molar-refractivity contribution in [3.63, 3.8) is 0 Å². The SMILES string of the molecule is CC1CCCC(NCC2CC23CCNCC3)CC1. The lowest BCUT2D eigenvalue weighted by molar-refractivity contribution is 0.311. The van der Waals surface area contributed by atoms with Crippen molar-refractivity contribution in [2.24, 2.45) is 17.3 Å². The maximum absolute atomic E-state index is 3.90. The lowest BCUT2D eigenvalue weighted by atomic mass is 9.92. The molecule has 2 nitrogen and oxygen atoms in total. The Labute approximate surface area is 112 Å². The van der Waals surface area contributed by atoms with Gasteiger partial charge in [0.25, 0.3) is 0 Å². The van der Waals surface area contributed by atoms with Crippen LogP contribution in [0.5, 0.6) is 0 Å². The van der Waals surface area contributed by atoms with Gasteiger partial charge in [-0.3, -0.25) is 0 Å². The summed E-state index contributed by atoms with van der Waals surface area (Å²) in [7, 11) is 0. The molecule has 1 heterocycles. The van der Waals surface area contributed by atoms with Crippen LogP contribution in [0, 0.1) is 17.3 Å². The van der Waals surface area contributed by atoms with Crippen LogP contribution in [0.1, 0.15) is 58.3 Å². The minimum atomic E-state index is 0.760. The van der Waals surface area contributed by atoms with E-state index in [1.165, 1.54) is 71.0 Å². The lowest BCUT2D eigenvalue weighted by Gasteiger charge is -2.24. The molecule has 1 saturated heterocycles. The molecule has 2 aliphatic carbocycles. The zero-order chi connectivity index (χ0) is 12.4. The van der Waals surface area contributed by atoms with Crippen LogP contribution in [0.25, 0.3) is 0 Å². The Morgan fingerprint density at radius 2 is 1.94 bits per heavy atom. The summed E-state index contributed by atoms with van der Waals surface area (Å²) < 4.78 is 0. The van der Waals surface area contributed by atoms with Gasteiger partial charge in [-0.25, -0.2) is 0 Å². The molecule has 3 fully saturated rings. The van der Waals surface area contributed by atoms with E-state index in [1.54, 1.807) is 0 Å². The van der Waals surface area contributed by atoms with Gasteiger partial charge >= 0.3 is 0 Å². The van der Waals surface area contributed by atoms with Crippen molar-refractivity contribution in [2.45, 2.75) is 64.3 Å². The molecule has 0 aromatic rings. The average Bonchev–Trinajstić information content (AvgIpc) is 3.09. The van der Waals surface area contributed by atoms with E-state index >= 15 is 0 Å². The predicted molar refractivity (Wildman–Crippen MR) is 76.7 cm³/mol. The molecule has 3 unspecified atom stereocenters. The summed E-state index contributed by atoms with van der Waals surface area (Å²) in [6.45, 7) is 6.25. The van der Waals surface area contributed by atoms with Crippen LogP contribution in [0.3, 0.4) is 0 Å². The fraction of sp³-hybridized carbons (Fsp3) is 1.00. The van der Waals surface area contributed by atoms with Crippen LogP contribution in [0.4, 0.5) is 0 Å². The molecular formula is C16H30N2. The molecule has 2 heteroatoms. The Morgan fingerprint density at radius 3 is 2.78 bits per heavy atom. The third-order valence-corrected chi connectivity index (χ3v) is 5.87. The summed E-state index contributed by atoms with van der Waals surface area (Å²) in [5, 5.41) is 7.39. The van der Waals surface area contributed by atoms with Gasteiger partial charge in [-0.2, -0.15) is 0 Å². The van der Waals surface area contributed by atoms with Crippen molar-refractivity contribution < 1.29 is 0 Å². The molecule has 2 N–H and O–H groups in total. The number of nitrogens with one attached hydrogen (secondary N) is 2. The Balaban J connectivity index is 1.40. The first-order valence-electron chi connectivity index (χ1n) is 8.23. The van der Waals surface area contributed by atoms with Crippen molar-refractivity contribution in [3.05, 3.63) is 0 Å². The normalized spacial score (nSPS) is 39.5. The number of hydrogen-bond donors (Lipinski definition) is 2. The Bertz CT molecular complexity index is 266. The van der Waals surface area contributed by atoms with Crippen molar-refractivity contribution >= 4 is 0 Å². The van der Waals surface area contributed by atoms with E-state index in [9.17, 15) is 0 Å². The smallest absolute Gasteiger partial charge is 0.00672 e. The first-order chi connectivity index (χ1) is 8.78. The van der Waals surface area contributed by atoms with E-state index in [1.807, 2.05) is 0 Å². The summed E-state index contributed by atoms with van der Waals surface area (Å²) in [6, 6.07) is 0.828. The van der Waals surface area contributed by atoms with Gasteiger partial charge in [-0.05, 0) is 75.4 Å². The monoisotopic (exact) mass is 250 g/mol. The quantitative estimate of drug-likeness (QED) is 0.753. The zero-order valence-corrected chi connectivity index (χ0v) is 12.0. The second kappa shape index (κ2) is 5.50. The first-order valence-corrected chi connectivity index (χ1v) is 8.23. The van der Waals surface area contributed by atoms with Gasteiger partial charge < -0.3 is 10.6 Å². The molecule has 3 rings (SSSR count). The van der Waals surface area contributed by atoms with Crippen LogP contribution >= 0.6 is 0 Å². The molecule has 1 spiro atoms. The summed E-state index contributed by atoms with van der Waals surface area (Å²) in [6.07, 6.45) is 11.5. The standard InChI is InChI=1S/C16H30N2/c1-13-3-2-4-15(6-5-13)18-12-14-11-16(14)7-9-17-10-8-16/h13-15,17-18H,2-12H2,1H3. The fourth-order valence-electron chi connectivity index (χ4n) is 4.26. The molecule has 0 aromatic carbocycles. The highest BCUT2D eigenvalue weighted by molar-refractivity contribution is 5.05. The van der Waals surface area contributed by atoms with E-state index in [0.717, 1.165) is 23.3 Å². The van der Waals surface area contributed by atoms with Crippen LogP contribution in [-0.4, -0.2) is 25.7 Å². The van der Waals surface area contributed by atoms with Crippen LogP contribution in [0.15, 0.2) is 0 Å². The third kappa shape index (κ3) is 2.91. The summed E-state index contributed by atoms with van der Waals surface area (Å²) >= 11 is 0. The van der Waals surface area contributed by atoms with Crippen LogP contribution in [0.2, 0.25) is 0 Å². The molecule has 3 aliphatic rings. The summed E-state index contributed by atoms with van der Waals surface area (Å²) in [5.74, 6) is 1.97. The summed E-state index contributed by atoms with van der Waals surface area (Å²) in [5.41, 5.74) is 0.760. The van der Waals surface area contributed by atoms with Gasteiger partial charge in [0.1, 0.15) is 0 Å². The van der Waals surface area contributed by atoms with Gasteiger partial charge in [0.2, 0.25) is 0 Å². The van der Waals surface area contributed by atoms with Crippen molar-refractivity contribution in [1.29, 1.82) is 0 Å². The van der Waals surface area contributed by atoms with Crippen molar-refractivity contribution in [1.82, 2.24) is 10.6 Å². The van der Waals surface area contributed by atoms with E-state index in [4.69, 9.17) is 0 Å². The summed E-state index contributed by atoms with van der Waals surface area (Å²) in [4.78, 5) is 0. The molecule has 18 heavy (non-hydrogen) atoms. The van der Waals surface area contributed by atoms with E-state index in [0.29, 0.717) is 0 Å². The van der Waals surface area contributed by atoms with Gasteiger partial charge in [0.15, 0.2) is 0 Å². The number of rotatable bonds is 3. The molecule has 104 valence electrons. The van der Waals surface area contributed by atoms with E-state index in [-0.39, 0.29) is 0 Å². The Hall–Kier alpha value is -0.0800. The van der Waals surface area contributed by atoms with E-state index in [2.05, 4.69) is 17.6 Å². The second-order valence-electron chi connectivity index (χ2n) is 7.23. The molecule has 0 radical (unpaired) electrons. The number of hydrogen-bond acceptors (Lipinski definition) is 2. The molecule has 0 aromatic heterocycles. The molecule has 0 amide bonds.